The van der Waals surface area contributed by atoms with E-state index < -0.39 is 12.3 Å². The first-order chi connectivity index (χ1) is 6.63. The van der Waals surface area contributed by atoms with Crippen molar-refractivity contribution in [3.63, 3.8) is 0 Å². The lowest BCUT2D eigenvalue weighted by molar-refractivity contribution is 0.0587. The lowest BCUT2D eigenvalue weighted by atomic mass is 10.1. The Bertz CT molecular complexity index is 304. The molecular weight excluding hydrogens is 184 g/mol. The Morgan fingerprint density at radius 3 is 2.36 bits per heavy atom. The lowest BCUT2D eigenvalue weighted by Crippen LogP contribution is -2.05. The molecule has 1 N–H and O–H groups in total. The van der Waals surface area contributed by atoms with Gasteiger partial charge in [-0.05, 0) is 24.6 Å². The van der Waals surface area contributed by atoms with Crippen LogP contribution in [0.3, 0.4) is 0 Å². The number of hydrogen-bond donors (Lipinski definition) is 1. The molecule has 0 aliphatic heterocycles. The monoisotopic (exact) mass is 196 g/mol. The van der Waals surface area contributed by atoms with Gasteiger partial charge in [-0.15, -0.1) is 0 Å². The smallest absolute Gasteiger partial charge is 0.497 e. The van der Waals surface area contributed by atoms with E-state index in [-0.39, 0.29) is 0 Å². The second-order valence-electron chi connectivity index (χ2n) is 2.80. The largest absolute Gasteiger partial charge is 0.506 e. The van der Waals surface area contributed by atoms with E-state index in [4.69, 9.17) is 9.84 Å². The van der Waals surface area contributed by atoms with E-state index in [2.05, 4.69) is 4.74 Å². The van der Waals surface area contributed by atoms with Crippen LogP contribution >= 0.6 is 0 Å². The Labute approximate surface area is 82.1 Å². The molecule has 0 saturated carbocycles. The van der Waals surface area contributed by atoms with Crippen LogP contribution in [0.5, 0.6) is 5.75 Å². The maximum absolute atomic E-state index is 10.3. The summed E-state index contributed by atoms with van der Waals surface area (Å²) in [5.41, 5.74) is 0.799. The average Bonchev–Trinajstić information content (AvgIpc) is 2.17. The summed E-state index contributed by atoms with van der Waals surface area (Å²) in [6.45, 7) is 1.68. The maximum Gasteiger partial charge on any atom is 0.506 e. The van der Waals surface area contributed by atoms with E-state index in [1.165, 1.54) is 0 Å². The van der Waals surface area contributed by atoms with Crippen molar-refractivity contribution in [3.8, 4) is 5.75 Å². The van der Waals surface area contributed by atoms with E-state index >= 15 is 0 Å². The Kier molecular flexibility index (Phi) is 3.34. The Morgan fingerprint density at radius 1 is 1.36 bits per heavy atom. The molecule has 0 aliphatic carbocycles. The van der Waals surface area contributed by atoms with Gasteiger partial charge in [0.1, 0.15) is 11.9 Å². The molecule has 4 heteroatoms. The minimum atomic E-state index is -1.27. The van der Waals surface area contributed by atoms with Gasteiger partial charge < -0.3 is 14.6 Å². The standard InChI is InChI=1S/C10H12O4/c1-7(14-10(11)12)8-3-5-9(13-2)6-4-8/h3-7H,1-2H3,(H,11,12). The zero-order valence-corrected chi connectivity index (χ0v) is 8.06. The molecule has 0 radical (unpaired) electrons. The van der Waals surface area contributed by atoms with E-state index in [1.807, 2.05) is 0 Å². The van der Waals surface area contributed by atoms with Crippen LogP contribution in [-0.4, -0.2) is 18.4 Å². The van der Waals surface area contributed by atoms with Gasteiger partial charge in [0.15, 0.2) is 0 Å². The highest BCUT2D eigenvalue weighted by Gasteiger charge is 2.09. The van der Waals surface area contributed by atoms with Crippen molar-refractivity contribution in [3.05, 3.63) is 29.8 Å². The zero-order valence-electron chi connectivity index (χ0n) is 8.06. The van der Waals surface area contributed by atoms with Crippen LogP contribution in [0.1, 0.15) is 18.6 Å². The number of methoxy groups -OCH3 is 1. The summed E-state index contributed by atoms with van der Waals surface area (Å²) in [5.74, 6) is 0.733. The predicted molar refractivity (Wildman–Crippen MR) is 50.5 cm³/mol. The van der Waals surface area contributed by atoms with Crippen molar-refractivity contribution >= 4 is 6.16 Å². The summed E-state index contributed by atoms with van der Waals surface area (Å²) in [7, 11) is 1.58. The Hall–Kier alpha value is -1.71. The van der Waals surface area contributed by atoms with Crippen LogP contribution in [0.15, 0.2) is 24.3 Å². The molecule has 0 heterocycles. The van der Waals surface area contributed by atoms with Gasteiger partial charge in [0.2, 0.25) is 0 Å². The van der Waals surface area contributed by atoms with E-state index in [0.29, 0.717) is 0 Å². The van der Waals surface area contributed by atoms with E-state index in [0.717, 1.165) is 11.3 Å². The SMILES string of the molecule is COc1ccc(C(C)OC(=O)O)cc1. The number of carboxylic acid groups (broad SMARTS) is 1. The molecule has 0 saturated heterocycles. The Balaban J connectivity index is 2.71. The van der Waals surface area contributed by atoms with Crippen molar-refractivity contribution in [2.75, 3.05) is 7.11 Å². The predicted octanol–water partition coefficient (Wildman–Crippen LogP) is 2.45. The maximum atomic E-state index is 10.3. The zero-order chi connectivity index (χ0) is 10.6. The van der Waals surface area contributed by atoms with Crippen LogP contribution in [0, 0.1) is 0 Å². The number of hydrogen-bond acceptors (Lipinski definition) is 3. The normalized spacial score (nSPS) is 11.9. The molecule has 1 atom stereocenters. The van der Waals surface area contributed by atoms with Crippen molar-refractivity contribution in [1.29, 1.82) is 0 Å². The molecule has 0 fully saturated rings. The van der Waals surface area contributed by atoms with Crippen LogP contribution in [0.4, 0.5) is 4.79 Å². The summed E-state index contributed by atoms with van der Waals surface area (Å²) < 4.78 is 9.56. The molecule has 1 rings (SSSR count). The summed E-state index contributed by atoms with van der Waals surface area (Å²) in [6, 6.07) is 7.06. The molecule has 1 aromatic rings. The number of benzene rings is 1. The van der Waals surface area contributed by atoms with Gasteiger partial charge in [-0.2, -0.15) is 0 Å². The molecule has 1 unspecified atom stereocenters. The summed E-state index contributed by atoms with van der Waals surface area (Å²) in [4.78, 5) is 10.3. The van der Waals surface area contributed by atoms with Crippen LogP contribution in [-0.2, 0) is 4.74 Å². The summed E-state index contributed by atoms with van der Waals surface area (Å²) in [5, 5.41) is 8.40. The number of rotatable bonds is 3. The van der Waals surface area contributed by atoms with Crippen LogP contribution < -0.4 is 4.74 Å². The Morgan fingerprint density at radius 2 is 1.93 bits per heavy atom. The highest BCUT2D eigenvalue weighted by molar-refractivity contribution is 5.57. The molecule has 0 aliphatic rings. The molecule has 0 spiro atoms. The average molecular weight is 196 g/mol. The van der Waals surface area contributed by atoms with Crippen molar-refractivity contribution in [2.24, 2.45) is 0 Å². The first kappa shape index (κ1) is 10.4. The first-order valence-electron chi connectivity index (χ1n) is 4.17. The van der Waals surface area contributed by atoms with Gasteiger partial charge >= 0.3 is 6.16 Å². The topological polar surface area (TPSA) is 55.8 Å². The minimum absolute atomic E-state index is 0.460. The van der Waals surface area contributed by atoms with Gasteiger partial charge in [0.25, 0.3) is 0 Å². The highest BCUT2D eigenvalue weighted by atomic mass is 16.7. The van der Waals surface area contributed by atoms with Gasteiger partial charge in [0.05, 0.1) is 7.11 Å². The van der Waals surface area contributed by atoms with Crippen LogP contribution in [0.2, 0.25) is 0 Å². The second-order valence-corrected chi connectivity index (χ2v) is 2.80. The molecule has 0 bridgehead atoms. The second kappa shape index (κ2) is 4.50. The van der Waals surface area contributed by atoms with Crippen LogP contribution in [0.25, 0.3) is 0 Å². The quantitative estimate of drug-likeness (QED) is 0.754. The molecular formula is C10H12O4. The third kappa shape index (κ3) is 2.65. The molecule has 14 heavy (non-hydrogen) atoms. The molecule has 0 amide bonds. The fraction of sp³-hybridized carbons (Fsp3) is 0.300. The summed E-state index contributed by atoms with van der Waals surface area (Å²) >= 11 is 0. The molecule has 4 nitrogen and oxygen atoms in total. The molecule has 0 aromatic heterocycles. The fourth-order valence-corrected chi connectivity index (χ4v) is 1.09. The first-order valence-corrected chi connectivity index (χ1v) is 4.17. The third-order valence-electron chi connectivity index (χ3n) is 1.86. The number of ether oxygens (including phenoxy) is 2. The van der Waals surface area contributed by atoms with Crippen molar-refractivity contribution in [1.82, 2.24) is 0 Å². The minimum Gasteiger partial charge on any atom is -0.497 e. The van der Waals surface area contributed by atoms with Gasteiger partial charge in [0, 0.05) is 0 Å². The van der Waals surface area contributed by atoms with E-state index in [9.17, 15) is 4.79 Å². The highest BCUT2D eigenvalue weighted by Crippen LogP contribution is 2.19. The van der Waals surface area contributed by atoms with E-state index in [1.54, 1.807) is 38.3 Å². The van der Waals surface area contributed by atoms with Crippen molar-refractivity contribution in [2.45, 2.75) is 13.0 Å². The number of carbonyl (C=O) groups is 1. The summed E-state index contributed by atoms with van der Waals surface area (Å²) in [6.07, 6.45) is -1.73. The van der Waals surface area contributed by atoms with Crippen molar-refractivity contribution < 1.29 is 19.4 Å². The third-order valence-corrected chi connectivity index (χ3v) is 1.86. The molecule has 1 aromatic carbocycles. The molecule has 76 valence electrons. The lowest BCUT2D eigenvalue weighted by Gasteiger charge is -2.10. The van der Waals surface area contributed by atoms with Gasteiger partial charge in [-0.3, -0.25) is 0 Å². The van der Waals surface area contributed by atoms with Gasteiger partial charge in [-0.25, -0.2) is 4.79 Å². The van der Waals surface area contributed by atoms with Gasteiger partial charge in [-0.1, -0.05) is 12.1 Å². The fourth-order valence-electron chi connectivity index (χ4n) is 1.09.